The summed E-state index contributed by atoms with van der Waals surface area (Å²) in [6, 6.07) is 23.7. The molecule has 4 aromatic rings. The van der Waals surface area contributed by atoms with Crippen molar-refractivity contribution in [2.45, 2.75) is 6.61 Å². The van der Waals surface area contributed by atoms with Gasteiger partial charge in [0, 0.05) is 22.9 Å². The predicted molar refractivity (Wildman–Crippen MR) is 136 cm³/mol. The maximum atomic E-state index is 13.8. The molecule has 1 fully saturated rings. The van der Waals surface area contributed by atoms with Crippen molar-refractivity contribution in [3.8, 4) is 22.7 Å². The molecule has 0 aliphatic carbocycles. The third-order valence-corrected chi connectivity index (χ3v) is 6.33. The summed E-state index contributed by atoms with van der Waals surface area (Å²) in [5.74, 6) is 0.104. The van der Waals surface area contributed by atoms with E-state index in [4.69, 9.17) is 22.1 Å². The molecule has 1 aliphatic rings. The van der Waals surface area contributed by atoms with Crippen LogP contribution in [0, 0.1) is 5.82 Å². The van der Waals surface area contributed by atoms with Gasteiger partial charge in [0.25, 0.3) is 5.91 Å². The Bertz CT molecular complexity index is 1400. The van der Waals surface area contributed by atoms with Crippen LogP contribution in [-0.4, -0.2) is 20.0 Å². The largest absolute Gasteiger partial charge is 0.489 e. The lowest BCUT2D eigenvalue weighted by atomic mass is 10.1. The van der Waals surface area contributed by atoms with Crippen molar-refractivity contribution in [3.05, 3.63) is 107 Å². The van der Waals surface area contributed by atoms with Crippen molar-refractivity contribution in [1.29, 1.82) is 0 Å². The number of thioether (sulfide) groups is 1. The zero-order chi connectivity index (χ0) is 23.5. The lowest BCUT2D eigenvalue weighted by Gasteiger charge is -2.08. The van der Waals surface area contributed by atoms with Crippen molar-refractivity contribution in [3.63, 3.8) is 0 Å². The third kappa shape index (κ3) is 4.78. The minimum atomic E-state index is -0.295. The SMILES string of the molecule is O=C1NC(=S)S/C1=C/c1cn(-c2ccccc2)nc1-c1ccc(OCc2ccccc2F)cc1. The van der Waals surface area contributed by atoms with E-state index in [1.807, 2.05) is 60.8 Å². The van der Waals surface area contributed by atoms with Gasteiger partial charge in [-0.25, -0.2) is 9.07 Å². The molecule has 0 atom stereocenters. The van der Waals surface area contributed by atoms with Crippen LogP contribution in [0.4, 0.5) is 4.39 Å². The Morgan fingerprint density at radius 1 is 1.03 bits per heavy atom. The van der Waals surface area contributed by atoms with Crippen LogP contribution in [0.3, 0.4) is 0 Å². The van der Waals surface area contributed by atoms with E-state index in [1.165, 1.54) is 17.8 Å². The molecule has 1 aromatic heterocycles. The number of amides is 1. The molecule has 0 bridgehead atoms. The van der Waals surface area contributed by atoms with E-state index in [1.54, 1.807) is 29.0 Å². The average molecular weight is 488 g/mol. The second-order valence-corrected chi connectivity index (χ2v) is 9.19. The van der Waals surface area contributed by atoms with Crippen LogP contribution in [0.1, 0.15) is 11.1 Å². The van der Waals surface area contributed by atoms with Crippen LogP contribution < -0.4 is 10.1 Å². The number of ether oxygens (including phenoxy) is 1. The van der Waals surface area contributed by atoms with Gasteiger partial charge in [0.15, 0.2) is 0 Å². The zero-order valence-corrected chi connectivity index (χ0v) is 19.4. The summed E-state index contributed by atoms with van der Waals surface area (Å²) < 4.78 is 21.8. The summed E-state index contributed by atoms with van der Waals surface area (Å²) in [7, 11) is 0. The Hall–Kier alpha value is -3.75. The molecule has 5 nitrogen and oxygen atoms in total. The molecular formula is C26H18FN3O2S2. The number of aromatic nitrogens is 2. The number of carbonyl (C=O) groups is 1. The minimum absolute atomic E-state index is 0.137. The Morgan fingerprint density at radius 3 is 2.47 bits per heavy atom. The third-order valence-electron chi connectivity index (χ3n) is 5.17. The monoisotopic (exact) mass is 487 g/mol. The number of thiocarbonyl (C=S) groups is 1. The number of hydrogen-bond donors (Lipinski definition) is 1. The minimum Gasteiger partial charge on any atom is -0.489 e. The Labute approximate surface area is 205 Å². The van der Waals surface area contributed by atoms with Gasteiger partial charge in [-0.05, 0) is 48.5 Å². The molecule has 0 radical (unpaired) electrons. The predicted octanol–water partition coefficient (Wildman–Crippen LogP) is 5.75. The number of halogens is 1. The molecular weight excluding hydrogens is 469 g/mol. The van der Waals surface area contributed by atoms with Crippen molar-refractivity contribution >= 4 is 40.3 Å². The lowest BCUT2D eigenvalue weighted by Crippen LogP contribution is -2.17. The Kier molecular flexibility index (Phi) is 6.24. The number of benzene rings is 3. The van der Waals surface area contributed by atoms with Crippen molar-refractivity contribution in [2.75, 3.05) is 0 Å². The lowest BCUT2D eigenvalue weighted by molar-refractivity contribution is -0.115. The normalized spacial score (nSPS) is 14.4. The number of para-hydroxylation sites is 1. The number of rotatable bonds is 6. The first-order chi connectivity index (χ1) is 16.6. The van der Waals surface area contributed by atoms with Gasteiger partial charge in [0.2, 0.25) is 0 Å². The van der Waals surface area contributed by atoms with E-state index >= 15 is 0 Å². The summed E-state index contributed by atoms with van der Waals surface area (Å²) in [5.41, 5.74) is 3.74. The van der Waals surface area contributed by atoms with Gasteiger partial charge >= 0.3 is 0 Å². The smallest absolute Gasteiger partial charge is 0.263 e. The molecule has 0 unspecified atom stereocenters. The van der Waals surface area contributed by atoms with Gasteiger partial charge in [-0.15, -0.1) is 0 Å². The van der Waals surface area contributed by atoms with Gasteiger partial charge in [-0.1, -0.05) is 60.4 Å². The summed E-state index contributed by atoms with van der Waals surface area (Å²) in [4.78, 5) is 12.7. The molecule has 5 rings (SSSR count). The fourth-order valence-corrected chi connectivity index (χ4v) is 4.51. The van der Waals surface area contributed by atoms with Crippen LogP contribution in [0.2, 0.25) is 0 Å². The van der Waals surface area contributed by atoms with E-state index in [2.05, 4.69) is 5.32 Å². The molecule has 8 heteroatoms. The summed E-state index contributed by atoms with van der Waals surface area (Å²) in [6.07, 6.45) is 3.68. The van der Waals surface area contributed by atoms with Crippen molar-refractivity contribution < 1.29 is 13.9 Å². The second kappa shape index (κ2) is 9.62. The zero-order valence-electron chi connectivity index (χ0n) is 17.8. The van der Waals surface area contributed by atoms with Crippen LogP contribution in [0.25, 0.3) is 23.0 Å². The maximum Gasteiger partial charge on any atom is 0.263 e. The fourth-order valence-electron chi connectivity index (χ4n) is 3.48. The van der Waals surface area contributed by atoms with Gasteiger partial charge in [-0.3, -0.25) is 4.79 Å². The van der Waals surface area contributed by atoms with Gasteiger partial charge in [0.05, 0.1) is 16.3 Å². The van der Waals surface area contributed by atoms with Crippen LogP contribution in [0.5, 0.6) is 5.75 Å². The number of hydrogen-bond acceptors (Lipinski definition) is 5. The van der Waals surface area contributed by atoms with E-state index in [0.717, 1.165) is 16.8 Å². The van der Waals surface area contributed by atoms with E-state index < -0.39 is 0 Å². The van der Waals surface area contributed by atoms with E-state index in [9.17, 15) is 9.18 Å². The van der Waals surface area contributed by atoms with Crippen molar-refractivity contribution in [1.82, 2.24) is 15.1 Å². The molecule has 0 spiro atoms. The first kappa shape index (κ1) is 22.1. The quantitative estimate of drug-likeness (QED) is 0.277. The first-order valence-electron chi connectivity index (χ1n) is 10.4. The highest BCUT2D eigenvalue weighted by molar-refractivity contribution is 8.26. The molecule has 1 N–H and O–H groups in total. The molecule has 1 saturated heterocycles. The topological polar surface area (TPSA) is 56.2 Å². The van der Waals surface area contributed by atoms with E-state index in [-0.39, 0.29) is 18.3 Å². The highest BCUT2D eigenvalue weighted by atomic mass is 32.2. The molecule has 168 valence electrons. The standard InChI is InChI=1S/C26H18FN3O2S2/c27-22-9-5-4-6-18(22)16-32-21-12-10-17(11-13-21)24-19(14-23-25(31)28-26(33)34-23)15-30(29-24)20-7-2-1-3-8-20/h1-15H,16H2,(H,28,31,33)/b23-14+. The number of nitrogens with zero attached hydrogens (tertiary/aromatic N) is 2. The molecule has 3 aromatic carbocycles. The molecule has 1 amide bonds. The molecule has 2 heterocycles. The Morgan fingerprint density at radius 2 is 1.76 bits per heavy atom. The van der Waals surface area contributed by atoms with Gasteiger partial charge in [-0.2, -0.15) is 5.10 Å². The van der Waals surface area contributed by atoms with Crippen LogP contribution in [0.15, 0.2) is 90.0 Å². The molecule has 1 aliphatic heterocycles. The highest BCUT2D eigenvalue weighted by Gasteiger charge is 2.23. The second-order valence-electron chi connectivity index (χ2n) is 7.47. The summed E-state index contributed by atoms with van der Waals surface area (Å²) in [6.45, 7) is 0.137. The number of nitrogens with one attached hydrogen (secondary N) is 1. The Balaban J connectivity index is 1.45. The van der Waals surface area contributed by atoms with Crippen LogP contribution in [-0.2, 0) is 11.4 Å². The molecule has 0 saturated carbocycles. The first-order valence-corrected chi connectivity index (χ1v) is 11.7. The van der Waals surface area contributed by atoms with Gasteiger partial charge in [0.1, 0.15) is 22.5 Å². The highest BCUT2D eigenvalue weighted by Crippen LogP contribution is 2.31. The van der Waals surface area contributed by atoms with Crippen LogP contribution >= 0.6 is 24.0 Å². The van der Waals surface area contributed by atoms with E-state index in [0.29, 0.717) is 26.2 Å². The summed E-state index contributed by atoms with van der Waals surface area (Å²) in [5, 5.41) is 7.42. The molecule has 34 heavy (non-hydrogen) atoms. The fraction of sp³-hybridized carbons (Fsp3) is 0.0385. The maximum absolute atomic E-state index is 13.8. The average Bonchev–Trinajstić information content (AvgIpc) is 3.42. The van der Waals surface area contributed by atoms with Crippen molar-refractivity contribution in [2.24, 2.45) is 0 Å². The number of carbonyl (C=O) groups excluding carboxylic acids is 1. The van der Waals surface area contributed by atoms with Gasteiger partial charge < -0.3 is 10.1 Å². The summed E-state index contributed by atoms with van der Waals surface area (Å²) >= 11 is 6.34.